The number of carbonyl (C=O) groups is 2. The molecule has 0 radical (unpaired) electrons. The Morgan fingerprint density at radius 1 is 1.12 bits per heavy atom. The Kier molecular flexibility index (Phi) is 4.01. The predicted octanol–water partition coefficient (Wildman–Crippen LogP) is 2.42. The molecule has 2 atom stereocenters. The zero-order valence-corrected chi connectivity index (χ0v) is 13.5. The van der Waals surface area contributed by atoms with Gasteiger partial charge in [0.05, 0.1) is 24.8 Å². The van der Waals surface area contributed by atoms with Gasteiger partial charge in [-0.1, -0.05) is 30.3 Å². The number of benzene rings is 2. The monoisotopic (exact) mass is 338 g/mol. The number of carbonyl (C=O) groups excluding carboxylic acids is 2. The Morgan fingerprint density at radius 2 is 1.88 bits per heavy atom. The molecule has 25 heavy (non-hydrogen) atoms. The van der Waals surface area contributed by atoms with Crippen LogP contribution in [0.4, 0.5) is 5.69 Å². The molecule has 2 aliphatic rings. The quantitative estimate of drug-likeness (QED) is 0.901. The summed E-state index contributed by atoms with van der Waals surface area (Å²) < 4.78 is 11.3. The minimum absolute atomic E-state index is 0.0281. The van der Waals surface area contributed by atoms with E-state index in [0.29, 0.717) is 24.5 Å². The fraction of sp³-hybridized carbons (Fsp3) is 0.263. The first kappa shape index (κ1) is 15.5. The van der Waals surface area contributed by atoms with Gasteiger partial charge in [0.2, 0.25) is 5.91 Å². The maximum absolute atomic E-state index is 12.4. The minimum Gasteiger partial charge on any atom is -0.493 e. The van der Waals surface area contributed by atoms with Crippen LogP contribution in [0.25, 0.3) is 0 Å². The number of ether oxygens (including phenoxy) is 2. The van der Waals surface area contributed by atoms with Crippen LogP contribution in [0, 0.1) is 0 Å². The molecule has 2 heterocycles. The van der Waals surface area contributed by atoms with Crippen molar-refractivity contribution in [2.24, 2.45) is 0 Å². The highest BCUT2D eigenvalue weighted by Gasteiger charge is 2.31. The van der Waals surface area contributed by atoms with Crippen molar-refractivity contribution in [3.63, 3.8) is 0 Å². The van der Waals surface area contributed by atoms with Gasteiger partial charge < -0.3 is 20.1 Å². The molecule has 0 aliphatic carbocycles. The van der Waals surface area contributed by atoms with E-state index in [1.165, 1.54) is 0 Å². The number of amides is 2. The van der Waals surface area contributed by atoms with E-state index < -0.39 is 6.10 Å². The molecule has 2 aromatic rings. The van der Waals surface area contributed by atoms with E-state index >= 15 is 0 Å². The summed E-state index contributed by atoms with van der Waals surface area (Å²) in [5.74, 6) is 0.846. The number of hydrogen-bond acceptors (Lipinski definition) is 4. The third-order valence-electron chi connectivity index (χ3n) is 4.37. The number of nitrogens with one attached hydrogen (secondary N) is 2. The number of rotatable bonds is 3. The molecule has 4 rings (SSSR count). The Hall–Kier alpha value is -3.02. The molecule has 2 N–H and O–H groups in total. The lowest BCUT2D eigenvalue weighted by Crippen LogP contribution is -2.42. The zero-order valence-electron chi connectivity index (χ0n) is 13.5. The first-order chi connectivity index (χ1) is 12.2. The van der Waals surface area contributed by atoms with E-state index in [1.807, 2.05) is 36.4 Å². The van der Waals surface area contributed by atoms with Gasteiger partial charge in [-0.3, -0.25) is 9.59 Å². The fourth-order valence-corrected chi connectivity index (χ4v) is 3.14. The first-order valence-electron chi connectivity index (χ1n) is 8.28. The Balaban J connectivity index is 1.43. The minimum atomic E-state index is -0.829. The summed E-state index contributed by atoms with van der Waals surface area (Å²) in [5, 5.41) is 5.76. The van der Waals surface area contributed by atoms with Crippen molar-refractivity contribution < 1.29 is 19.1 Å². The van der Waals surface area contributed by atoms with Crippen molar-refractivity contribution in [1.29, 1.82) is 0 Å². The van der Waals surface area contributed by atoms with E-state index in [-0.39, 0.29) is 24.3 Å². The molecule has 0 bridgehead atoms. The van der Waals surface area contributed by atoms with Crippen LogP contribution in [-0.4, -0.2) is 24.5 Å². The lowest BCUT2D eigenvalue weighted by molar-refractivity contribution is -0.131. The summed E-state index contributed by atoms with van der Waals surface area (Å²) in [6, 6.07) is 14.7. The van der Waals surface area contributed by atoms with E-state index in [2.05, 4.69) is 10.6 Å². The largest absolute Gasteiger partial charge is 0.493 e. The number of fused-ring (bicyclic) bond motifs is 2. The SMILES string of the molecule is O=C(C[C@H]1Oc2ccccc2NC1=O)N[C@H]1CCOc2ccccc21. The molecule has 128 valence electrons. The second-order valence-corrected chi connectivity index (χ2v) is 6.09. The first-order valence-corrected chi connectivity index (χ1v) is 8.28. The van der Waals surface area contributed by atoms with Crippen LogP contribution in [-0.2, 0) is 9.59 Å². The highest BCUT2D eigenvalue weighted by atomic mass is 16.5. The van der Waals surface area contributed by atoms with Crippen LogP contribution in [0.5, 0.6) is 11.5 Å². The summed E-state index contributed by atoms with van der Waals surface area (Å²) in [4.78, 5) is 24.6. The molecular weight excluding hydrogens is 320 g/mol. The standard InChI is InChI=1S/C19H18N2O4/c22-18(20-13-9-10-24-15-7-3-1-5-12(13)15)11-17-19(23)21-14-6-2-4-8-16(14)25-17/h1-8,13,17H,9-11H2,(H,20,22)(H,21,23)/t13-,17+/m0/s1. The van der Waals surface area contributed by atoms with Crippen molar-refractivity contribution in [2.75, 3.05) is 11.9 Å². The lowest BCUT2D eigenvalue weighted by atomic mass is 10.00. The third kappa shape index (κ3) is 3.15. The van der Waals surface area contributed by atoms with Crippen molar-refractivity contribution in [1.82, 2.24) is 5.32 Å². The smallest absolute Gasteiger partial charge is 0.266 e. The van der Waals surface area contributed by atoms with Crippen molar-refractivity contribution >= 4 is 17.5 Å². The van der Waals surface area contributed by atoms with Gasteiger partial charge in [-0.15, -0.1) is 0 Å². The summed E-state index contributed by atoms with van der Waals surface area (Å²) >= 11 is 0. The summed E-state index contributed by atoms with van der Waals surface area (Å²) in [7, 11) is 0. The van der Waals surface area contributed by atoms with Crippen LogP contribution in [0.1, 0.15) is 24.4 Å². The second kappa shape index (κ2) is 6.47. The average Bonchev–Trinajstić information content (AvgIpc) is 2.63. The summed E-state index contributed by atoms with van der Waals surface area (Å²) in [6.07, 6.45) is -0.159. The van der Waals surface area contributed by atoms with Gasteiger partial charge in [-0.25, -0.2) is 0 Å². The second-order valence-electron chi connectivity index (χ2n) is 6.09. The Bertz CT molecular complexity index is 821. The Morgan fingerprint density at radius 3 is 2.76 bits per heavy atom. The van der Waals surface area contributed by atoms with Crippen molar-refractivity contribution in [3.8, 4) is 11.5 Å². The number of hydrogen-bond donors (Lipinski definition) is 2. The highest BCUT2D eigenvalue weighted by Crippen LogP contribution is 2.32. The summed E-state index contributed by atoms with van der Waals surface area (Å²) in [5.41, 5.74) is 1.59. The molecule has 2 amide bonds. The van der Waals surface area contributed by atoms with Gasteiger partial charge in [0.15, 0.2) is 6.10 Å². The molecule has 0 aromatic heterocycles. The maximum Gasteiger partial charge on any atom is 0.266 e. The molecule has 6 heteroatoms. The molecule has 2 aromatic carbocycles. The summed E-state index contributed by atoms with van der Waals surface area (Å²) in [6.45, 7) is 0.551. The van der Waals surface area contributed by atoms with Gasteiger partial charge in [0.1, 0.15) is 11.5 Å². The maximum atomic E-state index is 12.4. The normalized spacial score (nSPS) is 21.0. The molecular formula is C19H18N2O4. The van der Waals surface area contributed by atoms with Gasteiger partial charge in [0.25, 0.3) is 5.91 Å². The van der Waals surface area contributed by atoms with E-state index in [4.69, 9.17) is 9.47 Å². The molecule has 6 nitrogen and oxygen atoms in total. The average molecular weight is 338 g/mol. The van der Waals surface area contributed by atoms with Crippen LogP contribution in [0.3, 0.4) is 0 Å². The van der Waals surface area contributed by atoms with Crippen molar-refractivity contribution in [3.05, 3.63) is 54.1 Å². The van der Waals surface area contributed by atoms with E-state index in [0.717, 1.165) is 11.3 Å². The van der Waals surface area contributed by atoms with Crippen LogP contribution >= 0.6 is 0 Å². The fourth-order valence-electron chi connectivity index (χ4n) is 3.14. The zero-order chi connectivity index (χ0) is 17.2. The van der Waals surface area contributed by atoms with Crippen molar-refractivity contribution in [2.45, 2.75) is 25.0 Å². The highest BCUT2D eigenvalue weighted by molar-refractivity contribution is 5.99. The van der Waals surface area contributed by atoms with Crippen LogP contribution in [0.15, 0.2) is 48.5 Å². The van der Waals surface area contributed by atoms with Crippen LogP contribution < -0.4 is 20.1 Å². The Labute approximate surface area is 145 Å². The van der Waals surface area contributed by atoms with E-state index in [9.17, 15) is 9.59 Å². The van der Waals surface area contributed by atoms with Gasteiger partial charge in [-0.2, -0.15) is 0 Å². The molecule has 2 aliphatic heterocycles. The predicted molar refractivity (Wildman–Crippen MR) is 91.5 cm³/mol. The number of anilines is 1. The van der Waals surface area contributed by atoms with Gasteiger partial charge in [-0.05, 0) is 18.2 Å². The van der Waals surface area contributed by atoms with Gasteiger partial charge in [0, 0.05) is 12.0 Å². The number of para-hydroxylation sites is 3. The van der Waals surface area contributed by atoms with Gasteiger partial charge >= 0.3 is 0 Å². The lowest BCUT2D eigenvalue weighted by Gasteiger charge is -2.28. The molecule has 0 fully saturated rings. The molecule has 0 saturated heterocycles. The van der Waals surface area contributed by atoms with Crippen LogP contribution in [0.2, 0.25) is 0 Å². The molecule has 0 saturated carbocycles. The van der Waals surface area contributed by atoms with E-state index in [1.54, 1.807) is 12.1 Å². The molecule has 0 spiro atoms. The molecule has 0 unspecified atom stereocenters. The third-order valence-corrected chi connectivity index (χ3v) is 4.37. The topological polar surface area (TPSA) is 76.7 Å².